The molecule has 0 saturated carbocycles. The van der Waals surface area contributed by atoms with E-state index in [1.165, 1.54) is 0 Å². The van der Waals surface area contributed by atoms with E-state index in [2.05, 4.69) is 57.7 Å². The second kappa shape index (κ2) is 7.36. The van der Waals surface area contributed by atoms with Gasteiger partial charge in [-0.25, -0.2) is 0 Å². The highest BCUT2D eigenvalue weighted by molar-refractivity contribution is 14.1. The molecule has 2 nitrogen and oxygen atoms in total. The van der Waals surface area contributed by atoms with Crippen molar-refractivity contribution in [2.24, 2.45) is 5.92 Å². The third-order valence-corrected chi connectivity index (χ3v) is 4.06. The predicted octanol–water partition coefficient (Wildman–Crippen LogP) is 3.83. The number of benzene rings is 1. The predicted molar refractivity (Wildman–Crippen MR) is 83.7 cm³/mol. The molecule has 1 amide bonds. The second-order valence-corrected chi connectivity index (χ2v) is 6.24. The first-order chi connectivity index (χ1) is 8.06. The first kappa shape index (κ1) is 15.0. The lowest BCUT2D eigenvalue weighted by atomic mass is 10.0. The van der Waals surface area contributed by atoms with Crippen LogP contribution in [0.5, 0.6) is 0 Å². The van der Waals surface area contributed by atoms with Gasteiger partial charge in [-0.05, 0) is 47.1 Å². The Morgan fingerprint density at radius 3 is 2.59 bits per heavy atom. The lowest BCUT2D eigenvalue weighted by Crippen LogP contribution is -2.39. The lowest BCUT2D eigenvalue weighted by Gasteiger charge is -2.21. The number of nitrogens with one attached hydrogen (secondary N) is 1. The van der Waals surface area contributed by atoms with Crippen molar-refractivity contribution in [3.05, 3.63) is 33.4 Å². The van der Waals surface area contributed by atoms with E-state index in [1.54, 1.807) is 0 Å². The van der Waals surface area contributed by atoms with E-state index in [0.29, 0.717) is 5.92 Å². The van der Waals surface area contributed by atoms with Gasteiger partial charge in [0.2, 0.25) is 0 Å². The van der Waals surface area contributed by atoms with Crippen LogP contribution in [0.3, 0.4) is 0 Å². The molecule has 17 heavy (non-hydrogen) atoms. The summed E-state index contributed by atoms with van der Waals surface area (Å²) >= 11 is 5.62. The van der Waals surface area contributed by atoms with Crippen LogP contribution in [0.15, 0.2) is 24.3 Å². The Balaban J connectivity index is 2.74. The molecule has 0 saturated heterocycles. The average Bonchev–Trinajstić information content (AvgIpc) is 2.28. The summed E-state index contributed by atoms with van der Waals surface area (Å²) in [6.45, 7) is 4.26. The summed E-state index contributed by atoms with van der Waals surface area (Å²) in [6, 6.07) is 7.87. The maximum Gasteiger partial charge on any atom is 0.252 e. The molecule has 4 heteroatoms. The number of hydrogen-bond acceptors (Lipinski definition) is 1. The van der Waals surface area contributed by atoms with Crippen LogP contribution in [0.1, 0.15) is 30.6 Å². The largest absolute Gasteiger partial charge is 0.349 e. The molecule has 0 bridgehead atoms. The number of halogens is 2. The minimum atomic E-state index is 0.0228. The summed E-state index contributed by atoms with van der Waals surface area (Å²) in [6.07, 6.45) is 0.951. The molecule has 0 fully saturated rings. The number of hydrogen-bond donors (Lipinski definition) is 1. The zero-order valence-corrected chi connectivity index (χ0v) is 13.8. The van der Waals surface area contributed by atoms with Crippen molar-refractivity contribution in [2.45, 2.75) is 26.3 Å². The Hall–Kier alpha value is -0.100. The summed E-state index contributed by atoms with van der Waals surface area (Å²) in [4.78, 5) is 12.1. The van der Waals surface area contributed by atoms with Gasteiger partial charge in [0.15, 0.2) is 0 Å². The van der Waals surface area contributed by atoms with Gasteiger partial charge in [0, 0.05) is 14.9 Å². The van der Waals surface area contributed by atoms with Crippen LogP contribution in [-0.2, 0) is 0 Å². The van der Waals surface area contributed by atoms with Gasteiger partial charge in [-0.15, -0.1) is 0 Å². The molecule has 1 rings (SSSR count). The number of rotatable bonds is 5. The molecule has 0 aromatic heterocycles. The number of amides is 1. The van der Waals surface area contributed by atoms with Gasteiger partial charge in [-0.3, -0.25) is 4.79 Å². The second-order valence-electron chi connectivity index (χ2n) is 4.28. The third-order valence-electron chi connectivity index (χ3n) is 2.66. The molecule has 1 aromatic carbocycles. The van der Waals surface area contributed by atoms with Crippen LogP contribution in [0.4, 0.5) is 0 Å². The van der Waals surface area contributed by atoms with Crippen LogP contribution in [0.25, 0.3) is 0 Å². The molecule has 1 atom stereocenters. The van der Waals surface area contributed by atoms with Crippen molar-refractivity contribution in [1.82, 2.24) is 5.32 Å². The highest BCUT2D eigenvalue weighted by Crippen LogP contribution is 2.13. The first-order valence-electron chi connectivity index (χ1n) is 5.67. The maximum absolute atomic E-state index is 12.1. The van der Waals surface area contributed by atoms with Gasteiger partial charge in [0.1, 0.15) is 0 Å². The molecule has 0 spiro atoms. The zero-order chi connectivity index (χ0) is 12.8. The van der Waals surface area contributed by atoms with Crippen molar-refractivity contribution in [2.75, 3.05) is 5.33 Å². The molecule has 0 aliphatic carbocycles. The molecular weight excluding hydrogens is 393 g/mol. The van der Waals surface area contributed by atoms with E-state index in [1.807, 2.05) is 24.3 Å². The Labute approximate surface area is 125 Å². The monoisotopic (exact) mass is 409 g/mol. The fourth-order valence-electron chi connectivity index (χ4n) is 1.58. The van der Waals surface area contributed by atoms with Crippen LogP contribution in [0.2, 0.25) is 0 Å². The Morgan fingerprint density at radius 2 is 2.06 bits per heavy atom. The number of carbonyl (C=O) groups is 1. The first-order valence-corrected chi connectivity index (χ1v) is 7.87. The van der Waals surface area contributed by atoms with E-state index in [4.69, 9.17) is 0 Å². The molecule has 1 aromatic rings. The molecule has 0 aliphatic heterocycles. The highest BCUT2D eigenvalue weighted by Gasteiger charge is 2.17. The molecule has 1 N–H and O–H groups in total. The van der Waals surface area contributed by atoms with Gasteiger partial charge < -0.3 is 5.32 Å². The fourth-order valence-corrected chi connectivity index (χ4v) is 2.71. The van der Waals surface area contributed by atoms with Crippen molar-refractivity contribution in [1.29, 1.82) is 0 Å². The van der Waals surface area contributed by atoms with Gasteiger partial charge in [-0.2, -0.15) is 0 Å². The molecule has 1 unspecified atom stereocenters. The van der Waals surface area contributed by atoms with Crippen molar-refractivity contribution < 1.29 is 4.79 Å². The minimum Gasteiger partial charge on any atom is -0.349 e. The SMILES string of the molecule is CC(C)C(CCBr)NC(=O)c1ccccc1I. The van der Waals surface area contributed by atoms with E-state index < -0.39 is 0 Å². The fraction of sp³-hybridized carbons (Fsp3) is 0.462. The van der Waals surface area contributed by atoms with Gasteiger partial charge in [0.05, 0.1) is 5.56 Å². The zero-order valence-electron chi connectivity index (χ0n) is 10.0. The lowest BCUT2D eigenvalue weighted by molar-refractivity contribution is 0.0924. The average molecular weight is 410 g/mol. The van der Waals surface area contributed by atoms with Gasteiger partial charge in [-0.1, -0.05) is 41.9 Å². The maximum atomic E-state index is 12.1. The van der Waals surface area contributed by atoms with Crippen LogP contribution >= 0.6 is 38.5 Å². The summed E-state index contributed by atoms with van der Waals surface area (Å²) in [5, 5.41) is 4.01. The molecular formula is C13H17BrINO. The standard InChI is InChI=1S/C13H17BrINO/c1-9(2)12(7-8-14)16-13(17)10-5-3-4-6-11(10)15/h3-6,9,12H,7-8H2,1-2H3,(H,16,17). The van der Waals surface area contributed by atoms with E-state index in [0.717, 1.165) is 20.9 Å². The summed E-state index contributed by atoms with van der Waals surface area (Å²) in [7, 11) is 0. The van der Waals surface area contributed by atoms with Gasteiger partial charge >= 0.3 is 0 Å². The molecule has 0 radical (unpaired) electrons. The third kappa shape index (κ3) is 4.58. The minimum absolute atomic E-state index is 0.0228. The van der Waals surface area contributed by atoms with Crippen molar-refractivity contribution in [3.63, 3.8) is 0 Å². The Morgan fingerprint density at radius 1 is 1.41 bits per heavy atom. The Kier molecular flexibility index (Phi) is 6.48. The van der Waals surface area contributed by atoms with Crippen LogP contribution < -0.4 is 5.32 Å². The molecule has 0 heterocycles. The number of alkyl halides is 1. The van der Waals surface area contributed by atoms with Crippen LogP contribution in [-0.4, -0.2) is 17.3 Å². The van der Waals surface area contributed by atoms with E-state index in [9.17, 15) is 4.79 Å². The van der Waals surface area contributed by atoms with Gasteiger partial charge in [0.25, 0.3) is 5.91 Å². The summed E-state index contributed by atoms with van der Waals surface area (Å²) in [5.41, 5.74) is 0.758. The topological polar surface area (TPSA) is 29.1 Å². The molecule has 94 valence electrons. The smallest absolute Gasteiger partial charge is 0.252 e. The van der Waals surface area contributed by atoms with Crippen molar-refractivity contribution >= 4 is 44.4 Å². The summed E-state index contributed by atoms with van der Waals surface area (Å²) in [5.74, 6) is 0.465. The quantitative estimate of drug-likeness (QED) is 0.581. The van der Waals surface area contributed by atoms with E-state index >= 15 is 0 Å². The highest BCUT2D eigenvalue weighted by atomic mass is 127. The Bertz CT molecular complexity index is 381. The normalized spacial score (nSPS) is 12.5. The van der Waals surface area contributed by atoms with Crippen LogP contribution in [0, 0.1) is 9.49 Å². The summed E-state index contributed by atoms with van der Waals surface area (Å²) < 4.78 is 0.990. The van der Waals surface area contributed by atoms with E-state index in [-0.39, 0.29) is 11.9 Å². The van der Waals surface area contributed by atoms with Crippen molar-refractivity contribution in [3.8, 4) is 0 Å². The number of carbonyl (C=O) groups excluding carboxylic acids is 1. The molecule has 0 aliphatic rings.